The number of likely N-dealkylation sites (N-methyl/N-ethyl adjacent to an activating group) is 2. The molecule has 0 saturated heterocycles. The van der Waals surface area contributed by atoms with Crippen molar-refractivity contribution < 1.29 is 24.6 Å². The number of aliphatic hydroxyl groups excluding tert-OH is 2. The van der Waals surface area contributed by atoms with Gasteiger partial charge in [0.25, 0.3) is 0 Å². The average Bonchev–Trinajstić information content (AvgIpc) is 3.07. The molecule has 0 heterocycles. The van der Waals surface area contributed by atoms with Crippen molar-refractivity contribution in [1.29, 1.82) is 0 Å². The summed E-state index contributed by atoms with van der Waals surface area (Å²) in [6.45, 7) is 5.82. The first-order chi connectivity index (χ1) is 22.0. The third-order valence-electron chi connectivity index (χ3n) is 9.27. The Balaban J connectivity index is 2.26. The summed E-state index contributed by atoms with van der Waals surface area (Å²) in [7, 11) is 3.72. The van der Waals surface area contributed by atoms with Crippen LogP contribution >= 0.6 is 0 Å². The first-order valence-electron chi connectivity index (χ1n) is 16.8. The Morgan fingerprint density at radius 3 is 2.28 bits per heavy atom. The summed E-state index contributed by atoms with van der Waals surface area (Å²) in [4.78, 5) is 44.7. The Hall–Kier alpha value is -3.37. The number of aliphatic hydroxyl groups is 2. The van der Waals surface area contributed by atoms with E-state index in [-0.39, 0.29) is 18.7 Å². The second-order valence-electron chi connectivity index (χ2n) is 12.9. The number of carbonyl (C=O) groups excluding carboxylic acids is 3. The highest BCUT2D eigenvalue weighted by Crippen LogP contribution is 2.29. The second-order valence-corrected chi connectivity index (χ2v) is 12.9. The SMILES string of the molecule is C#CCC[C@H](O)[C@H](O)[C@H](CC1CCCCC1)NC(=O)[C@@H](NC(=O)[C@@H](CC(=O)N(C)CCN(C)CC)Cc1ccccc1)C(C)C#C. The Morgan fingerprint density at radius 2 is 1.67 bits per heavy atom. The normalized spacial score (nSPS) is 17.4. The van der Waals surface area contributed by atoms with Gasteiger partial charge in [-0.05, 0) is 51.3 Å². The molecule has 1 aromatic carbocycles. The van der Waals surface area contributed by atoms with Gasteiger partial charge in [0.15, 0.2) is 0 Å². The van der Waals surface area contributed by atoms with Crippen molar-refractivity contribution in [3.63, 3.8) is 0 Å². The van der Waals surface area contributed by atoms with Crippen molar-refractivity contribution >= 4 is 17.7 Å². The lowest BCUT2D eigenvalue weighted by Gasteiger charge is -2.34. The molecule has 1 aliphatic carbocycles. The minimum Gasteiger partial charge on any atom is -0.390 e. The largest absolute Gasteiger partial charge is 0.390 e. The average molecular weight is 637 g/mol. The lowest BCUT2D eigenvalue weighted by atomic mass is 9.82. The van der Waals surface area contributed by atoms with Gasteiger partial charge in [0.1, 0.15) is 12.1 Å². The van der Waals surface area contributed by atoms with Gasteiger partial charge in [0.2, 0.25) is 17.7 Å². The maximum Gasteiger partial charge on any atom is 0.244 e. The number of nitrogens with one attached hydrogen (secondary N) is 2. The van der Waals surface area contributed by atoms with E-state index in [0.717, 1.165) is 44.2 Å². The topological polar surface area (TPSA) is 122 Å². The monoisotopic (exact) mass is 636 g/mol. The number of hydrogen-bond acceptors (Lipinski definition) is 6. The van der Waals surface area contributed by atoms with Crippen LogP contribution in [-0.4, -0.2) is 95.8 Å². The van der Waals surface area contributed by atoms with E-state index >= 15 is 0 Å². The molecule has 46 heavy (non-hydrogen) atoms. The number of carbonyl (C=O) groups is 3. The molecule has 3 amide bonds. The lowest BCUT2D eigenvalue weighted by molar-refractivity contribution is -0.137. The molecule has 0 aromatic heterocycles. The zero-order valence-electron chi connectivity index (χ0n) is 28.3. The van der Waals surface area contributed by atoms with E-state index < -0.39 is 47.9 Å². The fourth-order valence-corrected chi connectivity index (χ4v) is 5.92. The van der Waals surface area contributed by atoms with Gasteiger partial charge < -0.3 is 30.6 Å². The van der Waals surface area contributed by atoms with Crippen molar-refractivity contribution in [2.45, 2.75) is 102 Å². The predicted molar refractivity (Wildman–Crippen MR) is 182 cm³/mol. The van der Waals surface area contributed by atoms with Crippen LogP contribution in [0.2, 0.25) is 0 Å². The summed E-state index contributed by atoms with van der Waals surface area (Å²) in [6.07, 6.45) is 15.4. The number of nitrogens with zero attached hydrogens (tertiary/aromatic N) is 2. The summed E-state index contributed by atoms with van der Waals surface area (Å²) < 4.78 is 0. The van der Waals surface area contributed by atoms with Gasteiger partial charge in [-0.2, -0.15) is 0 Å². The summed E-state index contributed by atoms with van der Waals surface area (Å²) in [5, 5.41) is 27.6. The fourth-order valence-electron chi connectivity index (χ4n) is 5.92. The molecule has 9 nitrogen and oxygen atoms in total. The number of benzene rings is 1. The third-order valence-corrected chi connectivity index (χ3v) is 9.27. The van der Waals surface area contributed by atoms with Crippen LogP contribution in [0.1, 0.15) is 77.2 Å². The predicted octanol–water partition coefficient (Wildman–Crippen LogP) is 2.99. The van der Waals surface area contributed by atoms with Crippen LogP contribution < -0.4 is 10.6 Å². The van der Waals surface area contributed by atoms with Crippen molar-refractivity contribution in [3.05, 3.63) is 35.9 Å². The van der Waals surface area contributed by atoms with Gasteiger partial charge in [0, 0.05) is 38.9 Å². The van der Waals surface area contributed by atoms with Crippen molar-refractivity contribution in [2.75, 3.05) is 33.7 Å². The molecule has 4 N–H and O–H groups in total. The number of terminal acetylenes is 2. The van der Waals surface area contributed by atoms with Gasteiger partial charge >= 0.3 is 0 Å². The van der Waals surface area contributed by atoms with E-state index in [2.05, 4.69) is 27.4 Å². The van der Waals surface area contributed by atoms with Crippen molar-refractivity contribution in [3.8, 4) is 24.7 Å². The van der Waals surface area contributed by atoms with Gasteiger partial charge in [-0.3, -0.25) is 14.4 Å². The molecule has 0 radical (unpaired) electrons. The van der Waals surface area contributed by atoms with Crippen molar-refractivity contribution in [1.82, 2.24) is 20.4 Å². The summed E-state index contributed by atoms with van der Waals surface area (Å²) in [5.74, 6) is 2.79. The highest BCUT2D eigenvalue weighted by atomic mass is 16.3. The number of amides is 3. The van der Waals surface area contributed by atoms with Gasteiger partial charge in [-0.15, -0.1) is 24.7 Å². The molecule has 1 aliphatic rings. The molecule has 9 heteroatoms. The van der Waals surface area contributed by atoms with E-state index in [4.69, 9.17) is 12.8 Å². The minimum absolute atomic E-state index is 0.0315. The standard InChI is InChI=1S/C37H56N4O5/c1-7-10-21-32(42)35(44)31(25-29-19-15-12-16-20-29)38-37(46)34(27(4)8-2)39-36(45)30(24-28-17-13-11-14-18-28)26-33(43)41(6)23-22-40(5)9-3/h1-2,11,13-14,17-18,27,29-32,34-35,42,44H,9-10,12,15-16,19-26H2,3-6H3,(H,38,46)(H,39,45)/t27?,30-,31+,32+,34+,35-/m1/s1. The highest BCUT2D eigenvalue weighted by molar-refractivity contribution is 5.91. The molecule has 2 rings (SSSR count). The maximum atomic E-state index is 13.9. The molecule has 1 unspecified atom stereocenters. The molecule has 0 bridgehead atoms. The van der Waals surface area contributed by atoms with Crippen LogP contribution in [0.15, 0.2) is 30.3 Å². The van der Waals surface area contributed by atoms with Gasteiger partial charge in [0.05, 0.1) is 18.1 Å². The lowest BCUT2D eigenvalue weighted by Crippen LogP contribution is -2.57. The summed E-state index contributed by atoms with van der Waals surface area (Å²) >= 11 is 0. The molecule has 0 spiro atoms. The highest BCUT2D eigenvalue weighted by Gasteiger charge is 2.35. The van der Waals surface area contributed by atoms with Crippen LogP contribution in [0.3, 0.4) is 0 Å². The quantitative estimate of drug-likeness (QED) is 0.173. The molecule has 1 aromatic rings. The molecule has 1 saturated carbocycles. The van der Waals surface area contributed by atoms with Gasteiger partial charge in [-0.1, -0.05) is 69.4 Å². The van der Waals surface area contributed by atoms with Crippen molar-refractivity contribution in [2.24, 2.45) is 17.8 Å². The number of rotatable bonds is 19. The summed E-state index contributed by atoms with van der Waals surface area (Å²) in [6, 6.07) is 7.60. The van der Waals surface area contributed by atoms with Crippen LogP contribution in [0, 0.1) is 42.4 Å². The first kappa shape index (κ1) is 38.8. The molecular formula is C37H56N4O5. The fraction of sp³-hybridized carbons (Fsp3) is 0.649. The number of hydrogen-bond donors (Lipinski definition) is 4. The molecule has 6 atom stereocenters. The van der Waals surface area contributed by atoms with E-state index in [1.165, 1.54) is 0 Å². The molecule has 0 aliphatic heterocycles. The smallest absolute Gasteiger partial charge is 0.244 e. The molecule has 254 valence electrons. The van der Waals surface area contributed by atoms with E-state index in [1.807, 2.05) is 44.3 Å². The molecule has 1 fully saturated rings. The van der Waals surface area contributed by atoms with Gasteiger partial charge in [-0.25, -0.2) is 0 Å². The molecular weight excluding hydrogens is 580 g/mol. The van der Waals surface area contributed by atoms with Crippen LogP contribution in [0.4, 0.5) is 0 Å². The van der Waals surface area contributed by atoms with E-state index in [9.17, 15) is 24.6 Å². The Morgan fingerprint density at radius 1 is 1.00 bits per heavy atom. The van der Waals surface area contributed by atoms with Crippen LogP contribution in [0.25, 0.3) is 0 Å². The second kappa shape index (κ2) is 20.7. The Labute approximate surface area is 276 Å². The van der Waals surface area contributed by atoms with Crippen LogP contribution in [-0.2, 0) is 20.8 Å². The Kier molecular flexibility index (Phi) is 17.5. The maximum absolute atomic E-state index is 13.9. The zero-order valence-corrected chi connectivity index (χ0v) is 28.3. The van der Waals surface area contributed by atoms with E-state index in [1.54, 1.807) is 18.9 Å². The van der Waals surface area contributed by atoms with Crippen LogP contribution in [0.5, 0.6) is 0 Å². The Bertz CT molecular complexity index is 1160. The first-order valence-corrected chi connectivity index (χ1v) is 16.8. The minimum atomic E-state index is -1.23. The summed E-state index contributed by atoms with van der Waals surface area (Å²) in [5.41, 5.74) is 0.895. The zero-order chi connectivity index (χ0) is 34.1. The third kappa shape index (κ3) is 13.2. The van der Waals surface area contributed by atoms with E-state index in [0.29, 0.717) is 38.3 Å².